The summed E-state index contributed by atoms with van der Waals surface area (Å²) < 4.78 is 0. The molecule has 2 aromatic rings. The molecule has 0 atom stereocenters. The van der Waals surface area contributed by atoms with Crippen molar-refractivity contribution in [2.75, 3.05) is 18.0 Å². The lowest BCUT2D eigenvalue weighted by Gasteiger charge is -2.21. The van der Waals surface area contributed by atoms with Crippen molar-refractivity contribution in [2.45, 2.75) is 13.0 Å². The lowest BCUT2D eigenvalue weighted by Crippen LogP contribution is -2.25. The third-order valence-corrected chi connectivity index (χ3v) is 3.22. The molecule has 0 fully saturated rings. The number of nitrogens with zero attached hydrogens (tertiary/aromatic N) is 3. The highest BCUT2D eigenvalue weighted by molar-refractivity contribution is 7.13. The molecule has 0 unspecified atom stereocenters. The Morgan fingerprint density at radius 1 is 1.24 bits per heavy atom. The Labute approximate surface area is 105 Å². The van der Waals surface area contributed by atoms with E-state index in [1.165, 1.54) is 5.56 Å². The van der Waals surface area contributed by atoms with Crippen molar-refractivity contribution in [1.82, 2.24) is 10.2 Å². The highest BCUT2D eigenvalue weighted by Gasteiger charge is 2.09. The molecule has 0 spiro atoms. The molecule has 0 aliphatic heterocycles. The molecule has 0 bridgehead atoms. The fourth-order valence-electron chi connectivity index (χ4n) is 1.63. The van der Waals surface area contributed by atoms with Gasteiger partial charge in [0.2, 0.25) is 5.13 Å². The van der Waals surface area contributed by atoms with Crippen molar-refractivity contribution < 1.29 is 0 Å². The monoisotopic (exact) mass is 248 g/mol. The Kier molecular flexibility index (Phi) is 4.46. The maximum Gasteiger partial charge on any atom is 0.208 e. The molecule has 1 aromatic carbocycles. The van der Waals surface area contributed by atoms with Gasteiger partial charge in [0.1, 0.15) is 5.51 Å². The van der Waals surface area contributed by atoms with Crippen molar-refractivity contribution in [2.24, 2.45) is 5.73 Å². The average Bonchev–Trinajstić information content (AvgIpc) is 2.89. The minimum absolute atomic E-state index is 0.699. The standard InChI is InChI=1S/C12H16N4S/c13-7-4-8-16(12-15-14-10-17-12)9-11-5-2-1-3-6-11/h1-3,5-6,10H,4,7-9,13H2. The van der Waals surface area contributed by atoms with Gasteiger partial charge in [0, 0.05) is 13.1 Å². The summed E-state index contributed by atoms with van der Waals surface area (Å²) >= 11 is 1.56. The van der Waals surface area contributed by atoms with Crippen molar-refractivity contribution >= 4 is 16.5 Å². The Morgan fingerprint density at radius 3 is 2.71 bits per heavy atom. The Hall–Kier alpha value is -1.46. The van der Waals surface area contributed by atoms with Gasteiger partial charge in [-0.15, -0.1) is 10.2 Å². The molecule has 4 nitrogen and oxygen atoms in total. The first kappa shape index (κ1) is 12.0. The molecule has 1 heterocycles. The smallest absolute Gasteiger partial charge is 0.208 e. The number of hydrogen-bond donors (Lipinski definition) is 1. The van der Waals surface area contributed by atoms with Crippen LogP contribution in [-0.4, -0.2) is 23.3 Å². The summed E-state index contributed by atoms with van der Waals surface area (Å²) in [5.41, 5.74) is 8.60. The van der Waals surface area contributed by atoms with Gasteiger partial charge in [-0.3, -0.25) is 0 Å². The Morgan fingerprint density at radius 2 is 2.06 bits per heavy atom. The highest BCUT2D eigenvalue weighted by atomic mass is 32.1. The maximum absolute atomic E-state index is 5.56. The van der Waals surface area contributed by atoms with E-state index < -0.39 is 0 Å². The first-order valence-corrected chi connectivity index (χ1v) is 6.53. The van der Waals surface area contributed by atoms with Crippen LogP contribution in [0.2, 0.25) is 0 Å². The molecule has 2 N–H and O–H groups in total. The molecule has 0 saturated heterocycles. The summed E-state index contributed by atoms with van der Waals surface area (Å²) in [5, 5.41) is 8.97. The van der Waals surface area contributed by atoms with Crippen molar-refractivity contribution in [3.8, 4) is 0 Å². The van der Waals surface area contributed by atoms with Gasteiger partial charge in [-0.2, -0.15) is 0 Å². The molecule has 0 aliphatic carbocycles. The SMILES string of the molecule is NCCCN(Cc1ccccc1)c1nncs1. The van der Waals surface area contributed by atoms with Gasteiger partial charge in [0.05, 0.1) is 0 Å². The molecule has 1 aromatic heterocycles. The van der Waals surface area contributed by atoms with E-state index in [-0.39, 0.29) is 0 Å². The summed E-state index contributed by atoms with van der Waals surface area (Å²) in [6.07, 6.45) is 0.965. The van der Waals surface area contributed by atoms with Crippen LogP contribution in [0.3, 0.4) is 0 Å². The van der Waals surface area contributed by atoms with Crippen LogP contribution in [0.25, 0.3) is 0 Å². The molecule has 90 valence electrons. The van der Waals surface area contributed by atoms with Gasteiger partial charge in [-0.25, -0.2) is 0 Å². The molecule has 2 rings (SSSR count). The first-order valence-electron chi connectivity index (χ1n) is 5.65. The quantitative estimate of drug-likeness (QED) is 0.848. The fraction of sp³-hybridized carbons (Fsp3) is 0.333. The van der Waals surface area contributed by atoms with Gasteiger partial charge in [-0.05, 0) is 18.5 Å². The summed E-state index contributed by atoms with van der Waals surface area (Å²) in [7, 11) is 0. The van der Waals surface area contributed by atoms with E-state index in [1.54, 1.807) is 16.8 Å². The lowest BCUT2D eigenvalue weighted by molar-refractivity contribution is 0.728. The van der Waals surface area contributed by atoms with Crippen LogP contribution < -0.4 is 10.6 Å². The van der Waals surface area contributed by atoms with Crippen LogP contribution in [0.15, 0.2) is 35.8 Å². The van der Waals surface area contributed by atoms with E-state index in [9.17, 15) is 0 Å². The van der Waals surface area contributed by atoms with Gasteiger partial charge in [-0.1, -0.05) is 41.7 Å². The summed E-state index contributed by atoms with van der Waals surface area (Å²) in [6, 6.07) is 10.4. The molecule has 0 aliphatic rings. The maximum atomic E-state index is 5.56. The minimum Gasteiger partial charge on any atom is -0.342 e. The van der Waals surface area contributed by atoms with Crippen molar-refractivity contribution in [3.63, 3.8) is 0 Å². The third kappa shape index (κ3) is 3.51. The second-order valence-corrected chi connectivity index (χ2v) is 4.58. The zero-order chi connectivity index (χ0) is 11.9. The Bertz CT molecular complexity index is 415. The number of rotatable bonds is 6. The van der Waals surface area contributed by atoms with Gasteiger partial charge in [0.25, 0.3) is 0 Å². The second-order valence-electron chi connectivity index (χ2n) is 3.77. The molecule has 0 amide bonds. The number of aromatic nitrogens is 2. The molecular formula is C12H16N4S. The van der Waals surface area contributed by atoms with E-state index >= 15 is 0 Å². The predicted molar refractivity (Wildman–Crippen MR) is 71.1 cm³/mol. The number of benzene rings is 1. The van der Waals surface area contributed by atoms with Gasteiger partial charge >= 0.3 is 0 Å². The largest absolute Gasteiger partial charge is 0.342 e. The lowest BCUT2D eigenvalue weighted by atomic mass is 10.2. The zero-order valence-corrected chi connectivity index (χ0v) is 10.4. The van der Waals surface area contributed by atoms with E-state index in [1.807, 2.05) is 6.07 Å². The van der Waals surface area contributed by atoms with E-state index in [0.29, 0.717) is 6.54 Å². The second kappa shape index (κ2) is 6.32. The normalized spacial score (nSPS) is 10.4. The van der Waals surface area contributed by atoms with Gasteiger partial charge in [0.15, 0.2) is 0 Å². The van der Waals surface area contributed by atoms with Crippen LogP contribution in [0.5, 0.6) is 0 Å². The summed E-state index contributed by atoms with van der Waals surface area (Å²) in [4.78, 5) is 2.22. The summed E-state index contributed by atoms with van der Waals surface area (Å²) in [6.45, 7) is 2.47. The number of hydrogen-bond acceptors (Lipinski definition) is 5. The molecule has 0 radical (unpaired) electrons. The van der Waals surface area contributed by atoms with Crippen LogP contribution in [-0.2, 0) is 6.54 Å². The van der Waals surface area contributed by atoms with Crippen molar-refractivity contribution in [1.29, 1.82) is 0 Å². The minimum atomic E-state index is 0.699. The van der Waals surface area contributed by atoms with Crippen LogP contribution in [0, 0.1) is 0 Å². The Balaban J connectivity index is 2.06. The van der Waals surface area contributed by atoms with E-state index in [0.717, 1.165) is 24.6 Å². The third-order valence-electron chi connectivity index (χ3n) is 2.47. The highest BCUT2D eigenvalue weighted by Crippen LogP contribution is 2.18. The number of anilines is 1. The van der Waals surface area contributed by atoms with Crippen LogP contribution in [0.1, 0.15) is 12.0 Å². The molecular weight excluding hydrogens is 232 g/mol. The summed E-state index contributed by atoms with van der Waals surface area (Å²) in [5.74, 6) is 0. The van der Waals surface area contributed by atoms with Gasteiger partial charge < -0.3 is 10.6 Å². The van der Waals surface area contributed by atoms with Crippen molar-refractivity contribution in [3.05, 3.63) is 41.4 Å². The topological polar surface area (TPSA) is 55.0 Å². The fourth-order valence-corrected chi connectivity index (χ4v) is 2.22. The zero-order valence-electron chi connectivity index (χ0n) is 9.62. The molecule has 17 heavy (non-hydrogen) atoms. The van der Waals surface area contributed by atoms with E-state index in [2.05, 4.69) is 39.4 Å². The average molecular weight is 248 g/mol. The van der Waals surface area contributed by atoms with Crippen LogP contribution in [0.4, 0.5) is 5.13 Å². The molecule has 5 heteroatoms. The first-order chi connectivity index (χ1) is 8.40. The number of nitrogens with two attached hydrogens (primary N) is 1. The predicted octanol–water partition coefficient (Wildman–Crippen LogP) is 1.89. The molecule has 0 saturated carbocycles. The van der Waals surface area contributed by atoms with E-state index in [4.69, 9.17) is 5.73 Å². The van der Waals surface area contributed by atoms with Crippen LogP contribution >= 0.6 is 11.3 Å².